The van der Waals surface area contributed by atoms with Crippen LogP contribution in [0.2, 0.25) is 0 Å². The van der Waals surface area contributed by atoms with E-state index in [-0.39, 0.29) is 19.0 Å². The number of hydrogen-bond acceptors (Lipinski definition) is 2. The summed E-state index contributed by atoms with van der Waals surface area (Å²) in [6.07, 6.45) is 1.53. The van der Waals surface area contributed by atoms with E-state index < -0.39 is 24.1 Å². The molecule has 0 aromatic heterocycles. The minimum Gasteiger partial charge on any atom is -0.481 e. The number of nitrogens with zero attached hydrogens (tertiary/aromatic N) is 1. The lowest BCUT2D eigenvalue weighted by molar-refractivity contribution is -0.227. The summed E-state index contributed by atoms with van der Waals surface area (Å²) in [4.78, 5) is 12.7. The van der Waals surface area contributed by atoms with E-state index in [1.54, 1.807) is 4.90 Å². The number of carboxylic acids is 1. The smallest absolute Gasteiger partial charge is 0.406 e. The lowest BCUT2D eigenvalue weighted by Crippen LogP contribution is -2.48. The summed E-state index contributed by atoms with van der Waals surface area (Å²) in [7, 11) is 0. The Hall–Kier alpha value is -1.04. The van der Waals surface area contributed by atoms with Crippen LogP contribution in [-0.4, -0.2) is 41.3 Å². The molecule has 0 radical (unpaired) electrons. The molecule has 1 aliphatic carbocycles. The summed E-state index contributed by atoms with van der Waals surface area (Å²) in [5, 5.41) is 8.95. The van der Waals surface area contributed by atoms with E-state index >= 15 is 0 Å². The second-order valence-corrected chi connectivity index (χ2v) is 5.03. The van der Waals surface area contributed by atoms with Gasteiger partial charge in [0.15, 0.2) is 5.41 Å². The zero-order valence-electron chi connectivity index (χ0n) is 9.91. The Morgan fingerprint density at radius 3 is 2.61 bits per heavy atom. The number of likely N-dealkylation sites (tertiary alicyclic amines) is 1. The quantitative estimate of drug-likeness (QED) is 0.778. The van der Waals surface area contributed by atoms with E-state index in [4.69, 9.17) is 5.11 Å². The van der Waals surface area contributed by atoms with E-state index in [0.29, 0.717) is 0 Å². The molecular weight excluding hydrogens is 247 g/mol. The van der Waals surface area contributed by atoms with Gasteiger partial charge in [0.05, 0.1) is 0 Å². The molecule has 3 nitrogen and oxygen atoms in total. The highest BCUT2D eigenvalue weighted by Gasteiger charge is 2.63. The molecule has 0 amide bonds. The molecular formula is C12H16F3NO2. The Morgan fingerprint density at radius 1 is 1.44 bits per heavy atom. The first-order valence-electron chi connectivity index (χ1n) is 6.08. The Labute approximate surface area is 103 Å². The third-order valence-corrected chi connectivity index (χ3v) is 3.95. The lowest BCUT2D eigenvalue weighted by Gasteiger charge is -2.31. The van der Waals surface area contributed by atoms with E-state index in [1.807, 2.05) is 12.2 Å². The molecule has 2 aliphatic rings. The maximum absolute atomic E-state index is 13.0. The van der Waals surface area contributed by atoms with Crippen molar-refractivity contribution >= 4 is 5.97 Å². The van der Waals surface area contributed by atoms with Crippen LogP contribution in [0.4, 0.5) is 13.2 Å². The van der Waals surface area contributed by atoms with Crippen molar-refractivity contribution in [2.75, 3.05) is 13.1 Å². The van der Waals surface area contributed by atoms with E-state index in [1.165, 1.54) is 0 Å². The van der Waals surface area contributed by atoms with Crippen LogP contribution >= 0.6 is 0 Å². The van der Waals surface area contributed by atoms with Crippen LogP contribution in [0.1, 0.15) is 25.7 Å². The largest absolute Gasteiger partial charge is 0.481 e. The zero-order chi connectivity index (χ0) is 13.4. The first-order chi connectivity index (χ1) is 8.37. The number of hydrogen-bond donors (Lipinski definition) is 1. The van der Waals surface area contributed by atoms with Crippen LogP contribution < -0.4 is 0 Å². The molecule has 2 atom stereocenters. The van der Waals surface area contributed by atoms with Crippen molar-refractivity contribution < 1.29 is 23.1 Å². The second-order valence-electron chi connectivity index (χ2n) is 5.03. The third kappa shape index (κ3) is 2.13. The summed E-state index contributed by atoms with van der Waals surface area (Å²) < 4.78 is 38.9. The van der Waals surface area contributed by atoms with Crippen LogP contribution in [-0.2, 0) is 4.79 Å². The van der Waals surface area contributed by atoms with Crippen molar-refractivity contribution in [2.24, 2.45) is 5.41 Å². The molecule has 0 spiro atoms. The van der Waals surface area contributed by atoms with Crippen molar-refractivity contribution in [2.45, 2.75) is 37.9 Å². The number of rotatable bonds is 2. The van der Waals surface area contributed by atoms with Crippen LogP contribution in [0.3, 0.4) is 0 Å². The predicted molar refractivity (Wildman–Crippen MR) is 59.1 cm³/mol. The summed E-state index contributed by atoms with van der Waals surface area (Å²) >= 11 is 0. The van der Waals surface area contributed by atoms with Crippen molar-refractivity contribution in [1.82, 2.24) is 4.90 Å². The molecule has 0 aromatic rings. The lowest BCUT2D eigenvalue weighted by atomic mass is 9.86. The molecule has 1 saturated heterocycles. The number of halogens is 3. The maximum Gasteiger partial charge on any atom is 0.406 e. The van der Waals surface area contributed by atoms with E-state index in [2.05, 4.69) is 0 Å². The molecule has 1 aliphatic heterocycles. The summed E-state index contributed by atoms with van der Waals surface area (Å²) in [6, 6.07) is -0.0395. The summed E-state index contributed by atoms with van der Waals surface area (Å²) in [6.45, 7) is -0.234. The molecule has 1 fully saturated rings. The molecule has 2 rings (SSSR count). The van der Waals surface area contributed by atoms with Gasteiger partial charge in [-0.05, 0) is 25.7 Å². The highest BCUT2D eigenvalue weighted by atomic mass is 19.4. The second kappa shape index (κ2) is 4.57. The van der Waals surface area contributed by atoms with Gasteiger partial charge in [0.25, 0.3) is 0 Å². The predicted octanol–water partition coefficient (Wildman–Crippen LogP) is 2.43. The van der Waals surface area contributed by atoms with Crippen molar-refractivity contribution in [3.63, 3.8) is 0 Å². The fraction of sp³-hybridized carbons (Fsp3) is 0.750. The van der Waals surface area contributed by atoms with Crippen LogP contribution in [0.15, 0.2) is 12.2 Å². The standard InChI is InChI=1S/C12H16F3NO2/c13-12(14,15)11(10(17)18)6-7-16(8-11)9-4-2-1-3-5-9/h2,4,9H,1,3,5-8H2,(H,17,18). The number of aliphatic carboxylic acids is 1. The van der Waals surface area contributed by atoms with Crippen molar-refractivity contribution in [1.29, 1.82) is 0 Å². The molecule has 102 valence electrons. The Morgan fingerprint density at radius 2 is 2.17 bits per heavy atom. The van der Waals surface area contributed by atoms with Crippen molar-refractivity contribution in [3.8, 4) is 0 Å². The fourth-order valence-electron chi connectivity index (χ4n) is 2.75. The highest BCUT2D eigenvalue weighted by Crippen LogP contribution is 2.46. The molecule has 1 heterocycles. The molecule has 0 saturated carbocycles. The monoisotopic (exact) mass is 263 g/mol. The Bertz CT molecular complexity index is 367. The van der Waals surface area contributed by atoms with Crippen molar-refractivity contribution in [3.05, 3.63) is 12.2 Å². The van der Waals surface area contributed by atoms with Gasteiger partial charge in [0, 0.05) is 19.1 Å². The van der Waals surface area contributed by atoms with Crippen LogP contribution in [0.25, 0.3) is 0 Å². The molecule has 18 heavy (non-hydrogen) atoms. The highest BCUT2D eigenvalue weighted by molar-refractivity contribution is 5.76. The number of alkyl halides is 3. The van der Waals surface area contributed by atoms with E-state index in [0.717, 1.165) is 19.3 Å². The molecule has 0 bridgehead atoms. The molecule has 1 N–H and O–H groups in total. The first kappa shape index (κ1) is 13.4. The maximum atomic E-state index is 13.0. The topological polar surface area (TPSA) is 40.5 Å². The van der Waals surface area contributed by atoms with E-state index in [9.17, 15) is 18.0 Å². The van der Waals surface area contributed by atoms with Gasteiger partial charge in [0.1, 0.15) is 0 Å². The van der Waals surface area contributed by atoms with Gasteiger partial charge >= 0.3 is 12.1 Å². The number of carbonyl (C=O) groups is 1. The first-order valence-corrected chi connectivity index (χ1v) is 6.08. The number of carboxylic acid groups (broad SMARTS) is 1. The van der Waals surface area contributed by atoms with Crippen LogP contribution in [0, 0.1) is 5.41 Å². The summed E-state index contributed by atoms with van der Waals surface area (Å²) in [5.74, 6) is -1.75. The normalized spacial score (nSPS) is 33.8. The van der Waals surface area contributed by atoms with Gasteiger partial charge in [-0.15, -0.1) is 0 Å². The third-order valence-electron chi connectivity index (χ3n) is 3.95. The van der Waals surface area contributed by atoms with Gasteiger partial charge < -0.3 is 5.11 Å². The van der Waals surface area contributed by atoms with Gasteiger partial charge in [-0.3, -0.25) is 9.69 Å². The van der Waals surface area contributed by atoms with Gasteiger partial charge in [0.2, 0.25) is 0 Å². The van der Waals surface area contributed by atoms with Gasteiger partial charge in [-0.25, -0.2) is 0 Å². The SMILES string of the molecule is O=C(O)C1(C(F)(F)F)CCN(C2C=CCCC2)C1. The Kier molecular flexibility index (Phi) is 3.40. The van der Waals surface area contributed by atoms with Crippen LogP contribution in [0.5, 0.6) is 0 Å². The average Bonchev–Trinajstić information content (AvgIpc) is 2.75. The average molecular weight is 263 g/mol. The number of allylic oxidation sites excluding steroid dienone is 1. The minimum atomic E-state index is -4.69. The minimum absolute atomic E-state index is 0.0395. The molecule has 2 unspecified atom stereocenters. The summed E-state index contributed by atoms with van der Waals surface area (Å²) in [5.41, 5.74) is -2.59. The van der Waals surface area contributed by atoms with Gasteiger partial charge in [-0.2, -0.15) is 13.2 Å². The molecule has 6 heteroatoms. The fourth-order valence-corrected chi connectivity index (χ4v) is 2.75. The molecule has 0 aromatic carbocycles. The zero-order valence-corrected chi connectivity index (χ0v) is 9.91. The Balaban J connectivity index is 2.16. The van der Waals surface area contributed by atoms with Gasteiger partial charge in [-0.1, -0.05) is 12.2 Å².